The van der Waals surface area contributed by atoms with E-state index in [4.69, 9.17) is 10.5 Å². The standard InChI is InChI=1S/C14H18N6O/c15-11-10-7-4-8-21-13(10)12(11)16-14-17-18-19-20(14)9-5-2-1-3-6-9/h1-3,5-6,10-13H,4,7-8,15H2,(H,16,17,19). The van der Waals surface area contributed by atoms with Gasteiger partial charge in [0.2, 0.25) is 5.95 Å². The van der Waals surface area contributed by atoms with Crippen LogP contribution in [0, 0.1) is 5.92 Å². The number of rotatable bonds is 3. The quantitative estimate of drug-likeness (QED) is 0.857. The van der Waals surface area contributed by atoms with Crippen molar-refractivity contribution in [2.45, 2.75) is 31.0 Å². The highest BCUT2D eigenvalue weighted by molar-refractivity contribution is 5.40. The molecule has 1 aliphatic carbocycles. The van der Waals surface area contributed by atoms with Crippen LogP contribution in [-0.4, -0.2) is 45.0 Å². The van der Waals surface area contributed by atoms with E-state index in [-0.39, 0.29) is 18.2 Å². The van der Waals surface area contributed by atoms with E-state index in [1.807, 2.05) is 30.3 Å². The van der Waals surface area contributed by atoms with E-state index >= 15 is 0 Å². The lowest BCUT2D eigenvalue weighted by atomic mass is 9.69. The van der Waals surface area contributed by atoms with Crippen molar-refractivity contribution in [2.75, 3.05) is 11.9 Å². The molecule has 0 spiro atoms. The number of nitrogens with one attached hydrogen (secondary N) is 1. The Morgan fingerprint density at radius 2 is 2.14 bits per heavy atom. The summed E-state index contributed by atoms with van der Waals surface area (Å²) in [6.07, 6.45) is 2.42. The van der Waals surface area contributed by atoms with Gasteiger partial charge >= 0.3 is 0 Å². The van der Waals surface area contributed by atoms with Crippen molar-refractivity contribution in [3.63, 3.8) is 0 Å². The Hall–Kier alpha value is -1.99. The maximum absolute atomic E-state index is 6.26. The van der Waals surface area contributed by atoms with Crippen molar-refractivity contribution < 1.29 is 4.74 Å². The molecule has 7 nitrogen and oxygen atoms in total. The number of nitrogens with two attached hydrogens (primary N) is 1. The average molecular weight is 286 g/mol. The van der Waals surface area contributed by atoms with E-state index in [1.54, 1.807) is 4.68 Å². The number of aromatic nitrogens is 4. The van der Waals surface area contributed by atoms with Crippen molar-refractivity contribution in [2.24, 2.45) is 11.7 Å². The first-order valence-corrected chi connectivity index (χ1v) is 7.32. The molecule has 1 aromatic heterocycles. The third kappa shape index (κ3) is 2.09. The minimum absolute atomic E-state index is 0.0729. The van der Waals surface area contributed by atoms with E-state index in [2.05, 4.69) is 20.8 Å². The van der Waals surface area contributed by atoms with Crippen LogP contribution in [0.5, 0.6) is 0 Å². The van der Waals surface area contributed by atoms with Crippen molar-refractivity contribution in [1.29, 1.82) is 0 Å². The zero-order valence-electron chi connectivity index (χ0n) is 11.6. The average Bonchev–Trinajstić information content (AvgIpc) is 3.01. The van der Waals surface area contributed by atoms with Gasteiger partial charge in [0.15, 0.2) is 0 Å². The highest BCUT2D eigenvalue weighted by atomic mass is 16.5. The molecule has 4 rings (SSSR count). The fraction of sp³-hybridized carbons (Fsp3) is 0.500. The van der Waals surface area contributed by atoms with Gasteiger partial charge in [-0.3, -0.25) is 0 Å². The fourth-order valence-electron chi connectivity index (χ4n) is 3.30. The van der Waals surface area contributed by atoms with Gasteiger partial charge in [-0.2, -0.15) is 4.68 Å². The molecule has 2 aliphatic rings. The zero-order valence-corrected chi connectivity index (χ0v) is 11.6. The SMILES string of the molecule is NC1C2CCCOC2C1Nc1nnnn1-c1ccccc1. The second-order valence-electron chi connectivity index (χ2n) is 5.64. The molecule has 2 aromatic rings. The summed E-state index contributed by atoms with van der Waals surface area (Å²) in [4.78, 5) is 0. The summed E-state index contributed by atoms with van der Waals surface area (Å²) in [5.41, 5.74) is 7.18. The van der Waals surface area contributed by atoms with Crippen molar-refractivity contribution in [3.05, 3.63) is 30.3 Å². The first-order valence-electron chi connectivity index (χ1n) is 7.32. The second kappa shape index (κ2) is 5.09. The van der Waals surface area contributed by atoms with Crippen LogP contribution in [0.4, 0.5) is 5.95 Å². The Labute approximate surface area is 122 Å². The molecular formula is C14H18N6O. The number of tetrazole rings is 1. The number of benzene rings is 1. The molecule has 0 radical (unpaired) electrons. The maximum atomic E-state index is 6.26. The summed E-state index contributed by atoms with van der Waals surface area (Å²) < 4.78 is 7.52. The Morgan fingerprint density at radius 3 is 3.00 bits per heavy atom. The summed E-state index contributed by atoms with van der Waals surface area (Å²) in [7, 11) is 0. The molecule has 1 aromatic carbocycles. The number of hydrogen-bond acceptors (Lipinski definition) is 6. The zero-order chi connectivity index (χ0) is 14.2. The summed E-state index contributed by atoms with van der Waals surface area (Å²) in [6, 6.07) is 9.96. The Kier molecular flexibility index (Phi) is 3.08. The number of para-hydroxylation sites is 1. The van der Waals surface area contributed by atoms with E-state index in [0.29, 0.717) is 11.9 Å². The third-order valence-electron chi connectivity index (χ3n) is 4.44. The van der Waals surface area contributed by atoms with E-state index in [9.17, 15) is 0 Å². The van der Waals surface area contributed by atoms with Crippen molar-refractivity contribution >= 4 is 5.95 Å². The first kappa shape index (κ1) is 12.7. The van der Waals surface area contributed by atoms with Gasteiger partial charge in [-0.1, -0.05) is 23.3 Å². The Morgan fingerprint density at radius 1 is 1.29 bits per heavy atom. The molecule has 7 heteroatoms. The molecule has 2 heterocycles. The topological polar surface area (TPSA) is 90.9 Å². The summed E-state index contributed by atoms with van der Waals surface area (Å²) in [5.74, 6) is 1.06. The summed E-state index contributed by atoms with van der Waals surface area (Å²) in [5, 5.41) is 15.2. The van der Waals surface area contributed by atoms with Crippen LogP contribution in [-0.2, 0) is 4.74 Å². The third-order valence-corrected chi connectivity index (χ3v) is 4.44. The molecule has 21 heavy (non-hydrogen) atoms. The van der Waals surface area contributed by atoms with Crippen LogP contribution in [0.3, 0.4) is 0 Å². The highest BCUT2D eigenvalue weighted by Crippen LogP contribution is 2.38. The fourth-order valence-corrected chi connectivity index (χ4v) is 3.30. The van der Waals surface area contributed by atoms with Gasteiger partial charge in [-0.25, -0.2) is 0 Å². The van der Waals surface area contributed by atoms with E-state index in [0.717, 1.165) is 25.1 Å². The van der Waals surface area contributed by atoms with Gasteiger partial charge in [-0.05, 0) is 35.4 Å². The number of anilines is 1. The normalized spacial score (nSPS) is 31.3. The number of hydrogen-bond donors (Lipinski definition) is 2. The summed E-state index contributed by atoms with van der Waals surface area (Å²) in [6.45, 7) is 0.815. The molecule has 1 aliphatic heterocycles. The van der Waals surface area contributed by atoms with Crippen LogP contribution in [0.1, 0.15) is 12.8 Å². The lowest BCUT2D eigenvalue weighted by Gasteiger charge is -2.52. The minimum Gasteiger partial charge on any atom is -0.376 e. The minimum atomic E-state index is 0.0729. The molecule has 110 valence electrons. The Balaban J connectivity index is 1.55. The highest BCUT2D eigenvalue weighted by Gasteiger charge is 2.51. The molecule has 4 unspecified atom stereocenters. The maximum Gasteiger partial charge on any atom is 0.248 e. The van der Waals surface area contributed by atoms with Crippen LogP contribution in [0.25, 0.3) is 5.69 Å². The van der Waals surface area contributed by atoms with Gasteiger partial charge < -0.3 is 15.8 Å². The molecular weight excluding hydrogens is 268 g/mol. The molecule has 1 saturated carbocycles. The van der Waals surface area contributed by atoms with Gasteiger partial charge in [0, 0.05) is 18.6 Å². The summed E-state index contributed by atoms with van der Waals surface area (Å²) >= 11 is 0. The second-order valence-corrected chi connectivity index (χ2v) is 5.64. The van der Waals surface area contributed by atoms with E-state index in [1.165, 1.54) is 0 Å². The van der Waals surface area contributed by atoms with Crippen molar-refractivity contribution in [3.8, 4) is 5.69 Å². The van der Waals surface area contributed by atoms with Crippen molar-refractivity contribution in [1.82, 2.24) is 20.2 Å². The number of nitrogens with zero attached hydrogens (tertiary/aromatic N) is 4. The monoisotopic (exact) mass is 286 g/mol. The molecule has 3 N–H and O–H groups in total. The largest absolute Gasteiger partial charge is 0.376 e. The van der Waals surface area contributed by atoms with Gasteiger partial charge in [-0.15, -0.1) is 0 Å². The van der Waals surface area contributed by atoms with Crippen LogP contribution in [0.2, 0.25) is 0 Å². The predicted octanol–water partition coefficient (Wildman–Crippen LogP) is 0.579. The lowest BCUT2D eigenvalue weighted by molar-refractivity contribution is -0.104. The molecule has 2 fully saturated rings. The first-order chi connectivity index (χ1) is 10.3. The molecule has 0 amide bonds. The number of ether oxygens (including phenoxy) is 1. The van der Waals surface area contributed by atoms with Gasteiger partial charge in [0.1, 0.15) is 0 Å². The predicted molar refractivity (Wildman–Crippen MR) is 77.0 cm³/mol. The smallest absolute Gasteiger partial charge is 0.248 e. The van der Waals surface area contributed by atoms with E-state index < -0.39 is 0 Å². The molecule has 0 bridgehead atoms. The molecule has 4 atom stereocenters. The Bertz CT molecular complexity index is 615. The van der Waals surface area contributed by atoms with Crippen LogP contribution in [0.15, 0.2) is 30.3 Å². The van der Waals surface area contributed by atoms with Crippen LogP contribution < -0.4 is 11.1 Å². The lowest BCUT2D eigenvalue weighted by Crippen LogP contribution is -2.69. The van der Waals surface area contributed by atoms with Crippen LogP contribution >= 0.6 is 0 Å². The van der Waals surface area contributed by atoms with Gasteiger partial charge in [0.25, 0.3) is 0 Å². The van der Waals surface area contributed by atoms with Gasteiger partial charge in [0.05, 0.1) is 17.8 Å². The number of fused-ring (bicyclic) bond motifs is 1. The molecule has 1 saturated heterocycles.